The number of non-ortho nitro benzene ring substituents is 1. The van der Waals surface area contributed by atoms with Crippen LogP contribution in [0.5, 0.6) is 0 Å². The molecule has 0 aromatic heterocycles. The minimum atomic E-state index is -0.377. The molecule has 1 heterocycles. The lowest BCUT2D eigenvalue weighted by Gasteiger charge is -2.36. The van der Waals surface area contributed by atoms with Gasteiger partial charge in [-0.1, -0.05) is 18.2 Å². The van der Waals surface area contributed by atoms with Crippen LogP contribution >= 0.6 is 0 Å². The van der Waals surface area contributed by atoms with E-state index in [0.717, 1.165) is 18.5 Å². The second kappa shape index (κ2) is 6.81. The van der Waals surface area contributed by atoms with Gasteiger partial charge in [-0.15, -0.1) is 0 Å². The van der Waals surface area contributed by atoms with Crippen molar-refractivity contribution in [3.8, 4) is 0 Å². The van der Waals surface area contributed by atoms with E-state index < -0.39 is 0 Å². The molecule has 0 spiro atoms. The van der Waals surface area contributed by atoms with E-state index >= 15 is 0 Å². The molecular formula is C17H21N3O3. The third-order valence-corrected chi connectivity index (χ3v) is 4.59. The summed E-state index contributed by atoms with van der Waals surface area (Å²) in [6, 6.07) is 6.68. The van der Waals surface area contributed by atoms with Crippen LogP contribution in [-0.2, 0) is 4.79 Å². The van der Waals surface area contributed by atoms with Crippen molar-refractivity contribution in [3.05, 3.63) is 46.5 Å². The van der Waals surface area contributed by atoms with Crippen LogP contribution in [0.15, 0.2) is 36.4 Å². The number of nitrogens with zero attached hydrogens (tertiary/aromatic N) is 3. The van der Waals surface area contributed by atoms with Gasteiger partial charge in [0.2, 0.25) is 5.91 Å². The fraction of sp³-hybridized carbons (Fsp3) is 0.471. The molecule has 1 fully saturated rings. The number of carbonyl (C=O) groups is 1. The van der Waals surface area contributed by atoms with Crippen molar-refractivity contribution in [1.29, 1.82) is 0 Å². The fourth-order valence-electron chi connectivity index (χ4n) is 3.24. The van der Waals surface area contributed by atoms with Gasteiger partial charge in [0.15, 0.2) is 0 Å². The molecule has 1 amide bonds. The molecule has 1 aromatic carbocycles. The smallest absolute Gasteiger partial charge is 0.271 e. The zero-order chi connectivity index (χ0) is 16.2. The Morgan fingerprint density at radius 2 is 2.04 bits per heavy atom. The maximum Gasteiger partial charge on any atom is 0.271 e. The van der Waals surface area contributed by atoms with Gasteiger partial charge in [-0.3, -0.25) is 14.9 Å². The summed E-state index contributed by atoms with van der Waals surface area (Å²) >= 11 is 0. The maximum absolute atomic E-state index is 12.3. The van der Waals surface area contributed by atoms with Crippen molar-refractivity contribution in [2.24, 2.45) is 5.92 Å². The van der Waals surface area contributed by atoms with Crippen LogP contribution in [-0.4, -0.2) is 41.9 Å². The first-order valence-electron chi connectivity index (χ1n) is 8.07. The maximum atomic E-state index is 12.3. The highest BCUT2D eigenvalue weighted by Gasteiger charge is 2.24. The van der Waals surface area contributed by atoms with Gasteiger partial charge < -0.3 is 9.80 Å². The molecule has 122 valence electrons. The second-order valence-electron chi connectivity index (χ2n) is 6.11. The van der Waals surface area contributed by atoms with Crippen molar-refractivity contribution in [1.82, 2.24) is 4.90 Å². The zero-order valence-electron chi connectivity index (χ0n) is 13.1. The van der Waals surface area contributed by atoms with E-state index in [9.17, 15) is 14.9 Å². The predicted molar refractivity (Wildman–Crippen MR) is 88.4 cm³/mol. The van der Waals surface area contributed by atoms with Crippen LogP contribution in [0.2, 0.25) is 0 Å². The van der Waals surface area contributed by atoms with Gasteiger partial charge in [-0.25, -0.2) is 0 Å². The second-order valence-corrected chi connectivity index (χ2v) is 6.11. The van der Waals surface area contributed by atoms with E-state index in [0.29, 0.717) is 38.5 Å². The molecule has 6 nitrogen and oxygen atoms in total. The number of allylic oxidation sites excluding steroid dienone is 2. The van der Waals surface area contributed by atoms with Gasteiger partial charge in [0.25, 0.3) is 5.69 Å². The number of amides is 1. The molecular weight excluding hydrogens is 294 g/mol. The molecule has 1 aromatic rings. The molecule has 0 N–H and O–H groups in total. The number of nitro groups is 1. The van der Waals surface area contributed by atoms with Crippen LogP contribution in [0.3, 0.4) is 0 Å². The topological polar surface area (TPSA) is 66.7 Å². The van der Waals surface area contributed by atoms with Gasteiger partial charge in [0.05, 0.1) is 4.92 Å². The lowest BCUT2D eigenvalue weighted by atomic mass is 10.0. The number of hydrogen-bond acceptors (Lipinski definition) is 4. The van der Waals surface area contributed by atoms with Gasteiger partial charge in [0.1, 0.15) is 0 Å². The normalized spacial score (nSPS) is 20.8. The summed E-state index contributed by atoms with van der Waals surface area (Å²) in [4.78, 5) is 26.8. The van der Waals surface area contributed by atoms with E-state index in [4.69, 9.17) is 0 Å². The van der Waals surface area contributed by atoms with E-state index in [2.05, 4.69) is 17.1 Å². The monoisotopic (exact) mass is 315 g/mol. The van der Waals surface area contributed by atoms with Crippen LogP contribution < -0.4 is 4.90 Å². The van der Waals surface area contributed by atoms with Crippen LogP contribution in [0.4, 0.5) is 11.4 Å². The molecule has 6 heteroatoms. The number of rotatable bonds is 4. The Hall–Kier alpha value is -2.37. The van der Waals surface area contributed by atoms with Gasteiger partial charge >= 0.3 is 0 Å². The lowest BCUT2D eigenvalue weighted by Crippen LogP contribution is -2.49. The minimum Gasteiger partial charge on any atom is -0.368 e. The standard InChI is InChI=1S/C17H21N3O3/c21-17(12-14-4-1-2-5-14)19-10-8-18(9-11-19)15-6-3-7-16(13-15)20(22)23/h1,3-4,6-7,13-14H,2,5,8-12H2/t14-/m0/s1. The molecule has 1 atom stereocenters. The summed E-state index contributed by atoms with van der Waals surface area (Å²) in [6.45, 7) is 2.79. The summed E-state index contributed by atoms with van der Waals surface area (Å²) in [5.74, 6) is 0.623. The Bertz CT molecular complexity index is 621. The Labute approximate surface area is 135 Å². The molecule has 3 rings (SSSR count). The van der Waals surface area contributed by atoms with Crippen LogP contribution in [0.1, 0.15) is 19.3 Å². The molecule has 0 unspecified atom stereocenters. The highest BCUT2D eigenvalue weighted by Crippen LogP contribution is 2.24. The van der Waals surface area contributed by atoms with Gasteiger partial charge in [0, 0.05) is 50.4 Å². The minimum absolute atomic E-state index is 0.106. The molecule has 1 aliphatic carbocycles. The number of piperazine rings is 1. The highest BCUT2D eigenvalue weighted by molar-refractivity contribution is 5.77. The van der Waals surface area contributed by atoms with Crippen LogP contribution in [0, 0.1) is 16.0 Å². The predicted octanol–water partition coefficient (Wildman–Crippen LogP) is 2.60. The number of hydrogen-bond donors (Lipinski definition) is 0. The summed E-state index contributed by atoms with van der Waals surface area (Å²) in [5.41, 5.74) is 0.957. The van der Waals surface area contributed by atoms with E-state index in [1.54, 1.807) is 12.1 Å². The Morgan fingerprint density at radius 3 is 2.70 bits per heavy atom. The molecule has 0 radical (unpaired) electrons. The molecule has 0 bridgehead atoms. The summed E-state index contributed by atoms with van der Waals surface area (Å²) < 4.78 is 0. The first-order valence-corrected chi connectivity index (χ1v) is 8.07. The third kappa shape index (κ3) is 3.70. The molecule has 23 heavy (non-hydrogen) atoms. The highest BCUT2D eigenvalue weighted by atomic mass is 16.6. The molecule has 2 aliphatic rings. The Kier molecular flexibility index (Phi) is 4.60. The van der Waals surface area contributed by atoms with E-state index in [-0.39, 0.29) is 16.5 Å². The number of benzene rings is 1. The van der Waals surface area contributed by atoms with Gasteiger partial charge in [-0.05, 0) is 24.8 Å². The number of nitro benzene ring substituents is 1. The fourth-order valence-corrected chi connectivity index (χ4v) is 3.24. The van der Waals surface area contributed by atoms with E-state index in [1.807, 2.05) is 11.0 Å². The molecule has 1 aliphatic heterocycles. The molecule has 0 saturated carbocycles. The third-order valence-electron chi connectivity index (χ3n) is 4.59. The number of carbonyl (C=O) groups excluding carboxylic acids is 1. The first-order chi connectivity index (χ1) is 11.1. The van der Waals surface area contributed by atoms with Crippen molar-refractivity contribution in [2.45, 2.75) is 19.3 Å². The first kappa shape index (κ1) is 15.5. The average Bonchev–Trinajstić information content (AvgIpc) is 3.08. The van der Waals surface area contributed by atoms with Crippen LogP contribution in [0.25, 0.3) is 0 Å². The zero-order valence-corrected chi connectivity index (χ0v) is 13.1. The SMILES string of the molecule is O=C(C[C@H]1C=CCC1)N1CCN(c2cccc([N+](=O)[O-])c2)CC1. The Balaban J connectivity index is 1.55. The largest absolute Gasteiger partial charge is 0.368 e. The van der Waals surface area contributed by atoms with Crippen molar-refractivity contribution < 1.29 is 9.72 Å². The lowest BCUT2D eigenvalue weighted by molar-refractivity contribution is -0.384. The van der Waals surface area contributed by atoms with E-state index in [1.165, 1.54) is 6.07 Å². The molecule has 1 saturated heterocycles. The van der Waals surface area contributed by atoms with Crippen molar-refractivity contribution >= 4 is 17.3 Å². The summed E-state index contributed by atoms with van der Waals surface area (Å²) in [6.07, 6.45) is 7.07. The Morgan fingerprint density at radius 1 is 1.26 bits per heavy atom. The quantitative estimate of drug-likeness (QED) is 0.486. The van der Waals surface area contributed by atoms with Crippen molar-refractivity contribution in [2.75, 3.05) is 31.1 Å². The summed E-state index contributed by atoms with van der Waals surface area (Å²) in [7, 11) is 0. The van der Waals surface area contributed by atoms with Gasteiger partial charge in [-0.2, -0.15) is 0 Å². The summed E-state index contributed by atoms with van der Waals surface area (Å²) in [5, 5.41) is 10.9. The average molecular weight is 315 g/mol. The van der Waals surface area contributed by atoms with Crippen molar-refractivity contribution in [3.63, 3.8) is 0 Å². The number of anilines is 1.